The van der Waals surface area contributed by atoms with Crippen LogP contribution < -0.4 is 0 Å². The fourth-order valence-electron chi connectivity index (χ4n) is 1.21. The second-order valence-corrected chi connectivity index (χ2v) is 3.93. The summed E-state index contributed by atoms with van der Waals surface area (Å²) in [5, 5.41) is 19.1. The predicted molar refractivity (Wildman–Crippen MR) is 56.9 cm³/mol. The molecule has 0 unspecified atom stereocenters. The number of hydrogen-bond acceptors (Lipinski definition) is 3. The first-order valence-corrected chi connectivity index (χ1v) is 5.08. The van der Waals surface area contributed by atoms with Gasteiger partial charge in [-0.15, -0.1) is 11.3 Å². The Bertz CT molecular complexity index is 417. The minimum Gasteiger partial charge on any atom is -0.481 e. The summed E-state index contributed by atoms with van der Waals surface area (Å²) in [4.78, 5) is 21.8. The quantitative estimate of drug-likeness (QED) is 0.770. The normalized spacial score (nSPS) is 11.4. The Morgan fingerprint density at radius 3 is 2.53 bits per heavy atom. The molecule has 0 fully saturated rings. The maximum atomic E-state index is 10.6. The Morgan fingerprint density at radius 2 is 2.13 bits per heavy atom. The molecule has 1 heterocycles. The van der Waals surface area contributed by atoms with Crippen molar-refractivity contribution in [1.29, 1.82) is 0 Å². The van der Waals surface area contributed by atoms with Crippen molar-refractivity contribution in [3.8, 4) is 0 Å². The summed E-state index contributed by atoms with van der Waals surface area (Å²) >= 11 is 1.35. The summed E-state index contributed by atoms with van der Waals surface area (Å²) in [5.74, 6) is -2.16. The van der Waals surface area contributed by atoms with Gasteiger partial charge in [0.1, 0.15) is 0 Å². The Balaban J connectivity index is 3.07. The molecule has 1 aromatic rings. The third-order valence-electron chi connectivity index (χ3n) is 1.79. The highest BCUT2D eigenvalue weighted by Gasteiger charge is 2.12. The summed E-state index contributed by atoms with van der Waals surface area (Å²) in [6, 6.07) is 1.83. The van der Waals surface area contributed by atoms with E-state index in [2.05, 4.69) is 0 Å². The van der Waals surface area contributed by atoms with E-state index in [4.69, 9.17) is 10.2 Å². The maximum Gasteiger partial charge on any atom is 0.328 e. The number of carboxylic acids is 2. The largest absolute Gasteiger partial charge is 0.481 e. The van der Waals surface area contributed by atoms with Gasteiger partial charge in [-0.3, -0.25) is 4.79 Å². The highest BCUT2D eigenvalue weighted by atomic mass is 32.1. The van der Waals surface area contributed by atoms with Gasteiger partial charge in [0.2, 0.25) is 0 Å². The van der Waals surface area contributed by atoms with Crippen LogP contribution in [0.1, 0.15) is 16.9 Å². The zero-order chi connectivity index (χ0) is 11.4. The van der Waals surface area contributed by atoms with E-state index in [1.54, 1.807) is 0 Å². The molecule has 4 nitrogen and oxygen atoms in total. The third-order valence-corrected chi connectivity index (χ3v) is 2.89. The summed E-state index contributed by atoms with van der Waals surface area (Å²) in [6.07, 6.45) is 0.681. The number of aryl methyl sites for hydroxylation is 1. The molecule has 1 rings (SSSR count). The number of rotatable bonds is 4. The number of thiophene rings is 1. The van der Waals surface area contributed by atoms with Crippen molar-refractivity contribution in [3.63, 3.8) is 0 Å². The van der Waals surface area contributed by atoms with Crippen LogP contribution in [0.25, 0.3) is 5.57 Å². The van der Waals surface area contributed by atoms with Gasteiger partial charge in [-0.2, -0.15) is 0 Å². The topological polar surface area (TPSA) is 74.6 Å². The van der Waals surface area contributed by atoms with Gasteiger partial charge in [0.25, 0.3) is 0 Å². The Kier molecular flexibility index (Phi) is 3.62. The van der Waals surface area contributed by atoms with Crippen LogP contribution in [0.3, 0.4) is 0 Å². The molecule has 0 aliphatic carbocycles. The molecule has 0 saturated carbocycles. The Morgan fingerprint density at radius 1 is 1.47 bits per heavy atom. The molecular formula is C10H10O4S. The van der Waals surface area contributed by atoms with Crippen molar-refractivity contribution in [3.05, 3.63) is 28.0 Å². The molecule has 0 bridgehead atoms. The first kappa shape index (κ1) is 11.5. The second kappa shape index (κ2) is 4.75. The molecule has 5 heteroatoms. The van der Waals surface area contributed by atoms with Crippen LogP contribution in [0, 0.1) is 6.92 Å². The van der Waals surface area contributed by atoms with Gasteiger partial charge in [-0.05, 0) is 29.5 Å². The molecule has 0 saturated heterocycles. The fraction of sp³-hybridized carbons (Fsp3) is 0.200. The minimum atomic E-state index is -1.13. The summed E-state index contributed by atoms with van der Waals surface area (Å²) < 4.78 is 0. The molecule has 2 N–H and O–H groups in total. The molecule has 0 atom stereocenters. The summed E-state index contributed by atoms with van der Waals surface area (Å²) in [6.45, 7) is 1.82. The van der Waals surface area contributed by atoms with Crippen molar-refractivity contribution < 1.29 is 19.8 Å². The zero-order valence-corrected chi connectivity index (χ0v) is 8.87. The average Bonchev–Trinajstić information content (AvgIpc) is 2.48. The zero-order valence-electron chi connectivity index (χ0n) is 8.06. The molecule has 0 spiro atoms. The lowest BCUT2D eigenvalue weighted by molar-refractivity contribution is -0.135. The molecule has 0 radical (unpaired) electrons. The molecule has 0 amide bonds. The van der Waals surface area contributed by atoms with E-state index < -0.39 is 11.9 Å². The van der Waals surface area contributed by atoms with E-state index in [9.17, 15) is 9.59 Å². The molecule has 80 valence electrons. The van der Waals surface area contributed by atoms with Gasteiger partial charge in [0.15, 0.2) is 0 Å². The highest BCUT2D eigenvalue weighted by molar-refractivity contribution is 7.11. The van der Waals surface area contributed by atoms with Crippen LogP contribution >= 0.6 is 11.3 Å². The van der Waals surface area contributed by atoms with E-state index in [-0.39, 0.29) is 6.42 Å². The molecule has 1 aromatic heterocycles. The van der Waals surface area contributed by atoms with Crippen molar-refractivity contribution in [2.45, 2.75) is 13.3 Å². The smallest absolute Gasteiger partial charge is 0.328 e. The monoisotopic (exact) mass is 226 g/mol. The van der Waals surface area contributed by atoms with E-state index in [1.807, 2.05) is 18.4 Å². The summed E-state index contributed by atoms with van der Waals surface area (Å²) in [7, 11) is 0. The second-order valence-electron chi connectivity index (χ2n) is 3.01. The van der Waals surface area contributed by atoms with Crippen LogP contribution in [-0.2, 0) is 9.59 Å². The van der Waals surface area contributed by atoms with Crippen molar-refractivity contribution in [2.75, 3.05) is 0 Å². The van der Waals surface area contributed by atoms with Crippen LogP contribution in [0.4, 0.5) is 0 Å². The van der Waals surface area contributed by atoms with Gasteiger partial charge in [0.05, 0.1) is 6.42 Å². The molecule has 15 heavy (non-hydrogen) atoms. The van der Waals surface area contributed by atoms with Gasteiger partial charge in [0, 0.05) is 11.0 Å². The number of carboxylic acid groups (broad SMARTS) is 2. The SMILES string of the molecule is Cc1ccsc1C(=CC(=O)O)CC(=O)O. The summed E-state index contributed by atoms with van der Waals surface area (Å²) in [5.41, 5.74) is 1.23. The maximum absolute atomic E-state index is 10.6. The Hall–Kier alpha value is -1.62. The first-order chi connectivity index (χ1) is 7.00. The lowest BCUT2D eigenvalue weighted by atomic mass is 10.1. The van der Waals surface area contributed by atoms with Crippen molar-refractivity contribution in [2.24, 2.45) is 0 Å². The molecule has 0 aromatic carbocycles. The lowest BCUT2D eigenvalue weighted by Gasteiger charge is -2.02. The van der Waals surface area contributed by atoms with E-state index in [1.165, 1.54) is 11.3 Å². The first-order valence-electron chi connectivity index (χ1n) is 4.20. The molecule has 0 aliphatic rings. The van der Waals surface area contributed by atoms with Crippen LogP contribution in [0.2, 0.25) is 0 Å². The van der Waals surface area contributed by atoms with Gasteiger partial charge in [-0.25, -0.2) is 4.79 Å². The van der Waals surface area contributed by atoms with Crippen LogP contribution in [0.5, 0.6) is 0 Å². The fourth-order valence-corrected chi connectivity index (χ4v) is 2.16. The average molecular weight is 226 g/mol. The Labute approximate surface area is 90.5 Å². The van der Waals surface area contributed by atoms with Crippen molar-refractivity contribution in [1.82, 2.24) is 0 Å². The third kappa shape index (κ3) is 3.21. The van der Waals surface area contributed by atoms with Gasteiger partial charge >= 0.3 is 11.9 Å². The highest BCUT2D eigenvalue weighted by Crippen LogP contribution is 2.27. The standard InChI is InChI=1S/C10H10O4S/c1-6-2-3-15-10(6)7(4-8(11)12)5-9(13)14/h2-4H,5H2,1H3,(H,11,12)(H,13,14). The lowest BCUT2D eigenvalue weighted by Crippen LogP contribution is -1.99. The minimum absolute atomic E-state index is 0.270. The van der Waals surface area contributed by atoms with E-state index >= 15 is 0 Å². The number of hydrogen-bond donors (Lipinski definition) is 2. The molecular weight excluding hydrogens is 216 g/mol. The number of carbonyl (C=O) groups is 2. The van der Waals surface area contributed by atoms with Gasteiger partial charge in [-0.1, -0.05) is 0 Å². The molecule has 0 aliphatic heterocycles. The predicted octanol–water partition coefficient (Wildman–Crippen LogP) is 2.00. The van der Waals surface area contributed by atoms with Crippen LogP contribution in [-0.4, -0.2) is 22.2 Å². The van der Waals surface area contributed by atoms with Gasteiger partial charge < -0.3 is 10.2 Å². The van der Waals surface area contributed by atoms with E-state index in [0.717, 1.165) is 16.5 Å². The van der Waals surface area contributed by atoms with Crippen molar-refractivity contribution >= 4 is 28.8 Å². The number of aliphatic carboxylic acids is 2. The van der Waals surface area contributed by atoms with E-state index in [0.29, 0.717) is 5.57 Å². The van der Waals surface area contributed by atoms with Crippen LogP contribution in [0.15, 0.2) is 17.5 Å².